The van der Waals surface area contributed by atoms with Gasteiger partial charge in [0.15, 0.2) is 0 Å². The summed E-state index contributed by atoms with van der Waals surface area (Å²) in [7, 11) is 1.81. The first-order valence-corrected chi connectivity index (χ1v) is 6.92. The highest BCUT2D eigenvalue weighted by Crippen LogP contribution is 2.30. The van der Waals surface area contributed by atoms with E-state index in [0.29, 0.717) is 16.6 Å². The van der Waals surface area contributed by atoms with Crippen LogP contribution in [0.5, 0.6) is 11.5 Å². The molecule has 0 atom stereocenters. The number of halogens is 1. The van der Waals surface area contributed by atoms with Crippen molar-refractivity contribution in [1.29, 1.82) is 0 Å². The molecule has 110 valence electrons. The lowest BCUT2D eigenvalue weighted by Gasteiger charge is -2.21. The van der Waals surface area contributed by atoms with E-state index in [1.165, 1.54) is 30.3 Å². The van der Waals surface area contributed by atoms with Crippen LogP contribution in [0, 0.1) is 0 Å². The third-order valence-electron chi connectivity index (χ3n) is 3.08. The van der Waals surface area contributed by atoms with Crippen LogP contribution in [0.15, 0.2) is 40.9 Å². The lowest BCUT2D eigenvalue weighted by Crippen LogP contribution is -2.17. The molecule has 0 bridgehead atoms. The Morgan fingerprint density at radius 1 is 1.19 bits per heavy atom. The van der Waals surface area contributed by atoms with Gasteiger partial charge in [0.1, 0.15) is 11.5 Å². The number of carboxylic acids is 1. The van der Waals surface area contributed by atoms with Crippen molar-refractivity contribution in [2.75, 3.05) is 11.9 Å². The van der Waals surface area contributed by atoms with Gasteiger partial charge in [-0.1, -0.05) is 0 Å². The van der Waals surface area contributed by atoms with E-state index in [0.717, 1.165) is 5.69 Å². The largest absolute Gasteiger partial charge is 0.508 e. The van der Waals surface area contributed by atoms with E-state index < -0.39 is 5.97 Å². The molecule has 21 heavy (non-hydrogen) atoms. The summed E-state index contributed by atoms with van der Waals surface area (Å²) in [4.78, 5) is 12.7. The summed E-state index contributed by atoms with van der Waals surface area (Å²) in [6, 6.07) is 9.06. The fourth-order valence-corrected chi connectivity index (χ4v) is 2.67. The molecule has 6 heteroatoms. The van der Waals surface area contributed by atoms with E-state index in [9.17, 15) is 15.0 Å². The lowest BCUT2D eigenvalue weighted by atomic mass is 10.1. The molecule has 0 aliphatic carbocycles. The third-order valence-corrected chi connectivity index (χ3v) is 3.71. The normalized spacial score (nSPS) is 10.4. The number of rotatable bonds is 4. The van der Waals surface area contributed by atoms with Gasteiger partial charge in [0.05, 0.1) is 11.3 Å². The van der Waals surface area contributed by atoms with Gasteiger partial charge in [0, 0.05) is 23.6 Å². The van der Waals surface area contributed by atoms with E-state index in [-0.39, 0.29) is 17.1 Å². The van der Waals surface area contributed by atoms with Gasteiger partial charge in [-0.25, -0.2) is 4.79 Å². The summed E-state index contributed by atoms with van der Waals surface area (Å²) in [6.07, 6.45) is 0. The molecule has 0 saturated carbocycles. The van der Waals surface area contributed by atoms with Crippen molar-refractivity contribution in [2.45, 2.75) is 6.54 Å². The maximum Gasteiger partial charge on any atom is 0.335 e. The first-order chi connectivity index (χ1) is 9.88. The molecule has 2 aromatic carbocycles. The molecule has 0 amide bonds. The number of carbonyl (C=O) groups is 1. The fraction of sp³-hybridized carbons (Fsp3) is 0.133. The zero-order valence-electron chi connectivity index (χ0n) is 11.2. The van der Waals surface area contributed by atoms with Gasteiger partial charge in [0.2, 0.25) is 0 Å². The molecule has 0 unspecified atom stereocenters. The maximum absolute atomic E-state index is 10.9. The zero-order valence-corrected chi connectivity index (χ0v) is 12.8. The maximum atomic E-state index is 10.9. The molecule has 0 aromatic heterocycles. The van der Waals surface area contributed by atoms with E-state index in [4.69, 9.17) is 5.11 Å². The topological polar surface area (TPSA) is 81.0 Å². The van der Waals surface area contributed by atoms with E-state index >= 15 is 0 Å². The Kier molecular flexibility index (Phi) is 4.37. The minimum absolute atomic E-state index is 0.0801. The highest BCUT2D eigenvalue weighted by atomic mass is 79.9. The highest BCUT2D eigenvalue weighted by molar-refractivity contribution is 9.10. The Morgan fingerprint density at radius 2 is 1.90 bits per heavy atom. The fourth-order valence-electron chi connectivity index (χ4n) is 1.99. The number of aromatic hydroxyl groups is 2. The lowest BCUT2D eigenvalue weighted by molar-refractivity contribution is 0.0697. The van der Waals surface area contributed by atoms with Crippen LogP contribution in [-0.2, 0) is 6.54 Å². The Labute approximate surface area is 130 Å². The number of phenols is 2. The predicted octanol–water partition coefficient (Wildman–Crippen LogP) is 3.19. The van der Waals surface area contributed by atoms with Crippen LogP contribution in [-0.4, -0.2) is 28.3 Å². The summed E-state index contributed by atoms with van der Waals surface area (Å²) in [5, 5.41) is 28.2. The van der Waals surface area contributed by atoms with Gasteiger partial charge in [-0.05, 0) is 52.3 Å². The SMILES string of the molecule is CN(Cc1cc(O)ccc1O)c1ccc(C(=O)O)cc1Br. The van der Waals surface area contributed by atoms with Gasteiger partial charge in [-0.3, -0.25) is 0 Å². The molecule has 0 heterocycles. The van der Waals surface area contributed by atoms with Crippen LogP contribution in [0.2, 0.25) is 0 Å². The highest BCUT2D eigenvalue weighted by Gasteiger charge is 2.12. The number of benzene rings is 2. The number of hydrogen-bond donors (Lipinski definition) is 3. The minimum atomic E-state index is -0.990. The average molecular weight is 352 g/mol. The van der Waals surface area contributed by atoms with Crippen LogP contribution in [0.25, 0.3) is 0 Å². The van der Waals surface area contributed by atoms with Gasteiger partial charge in [-0.15, -0.1) is 0 Å². The summed E-state index contributed by atoms with van der Waals surface area (Å²) in [5.74, 6) is -0.815. The third kappa shape index (κ3) is 3.46. The zero-order chi connectivity index (χ0) is 15.6. The molecule has 0 saturated heterocycles. The van der Waals surface area contributed by atoms with Crippen LogP contribution >= 0.6 is 15.9 Å². The first-order valence-electron chi connectivity index (χ1n) is 6.13. The molecule has 0 fully saturated rings. The summed E-state index contributed by atoms with van der Waals surface area (Å²) < 4.78 is 0.643. The van der Waals surface area contributed by atoms with Crippen molar-refractivity contribution in [1.82, 2.24) is 0 Å². The van der Waals surface area contributed by atoms with Crippen molar-refractivity contribution in [2.24, 2.45) is 0 Å². The van der Waals surface area contributed by atoms with Crippen molar-refractivity contribution < 1.29 is 20.1 Å². The van der Waals surface area contributed by atoms with E-state index in [1.807, 2.05) is 11.9 Å². The standard InChI is InChI=1S/C15H14BrNO4/c1-17(8-10-6-11(18)3-5-14(10)19)13-4-2-9(15(20)21)7-12(13)16/h2-7,18-19H,8H2,1H3,(H,20,21). The molecular weight excluding hydrogens is 338 g/mol. The summed E-state index contributed by atoms with van der Waals surface area (Å²) >= 11 is 3.35. The molecule has 2 rings (SSSR count). The Bertz CT molecular complexity index is 687. The number of aromatic carboxylic acids is 1. The van der Waals surface area contributed by atoms with E-state index in [1.54, 1.807) is 6.07 Å². The van der Waals surface area contributed by atoms with Crippen molar-refractivity contribution in [3.05, 3.63) is 52.0 Å². The second-order valence-corrected chi connectivity index (χ2v) is 5.49. The molecular formula is C15H14BrNO4. The van der Waals surface area contributed by atoms with Crippen molar-refractivity contribution in [3.63, 3.8) is 0 Å². The van der Waals surface area contributed by atoms with Crippen LogP contribution in [0.1, 0.15) is 15.9 Å². The second-order valence-electron chi connectivity index (χ2n) is 4.64. The van der Waals surface area contributed by atoms with Crippen molar-refractivity contribution in [3.8, 4) is 11.5 Å². The second kappa shape index (κ2) is 6.05. The van der Waals surface area contributed by atoms with Gasteiger partial charge in [0.25, 0.3) is 0 Å². The molecule has 0 aliphatic heterocycles. The minimum Gasteiger partial charge on any atom is -0.508 e. The number of carboxylic acid groups (broad SMARTS) is 1. The average Bonchev–Trinajstić information content (AvgIpc) is 2.42. The van der Waals surface area contributed by atoms with Crippen LogP contribution in [0.3, 0.4) is 0 Å². The molecule has 0 radical (unpaired) electrons. The smallest absolute Gasteiger partial charge is 0.335 e. The number of hydrogen-bond acceptors (Lipinski definition) is 4. The quantitative estimate of drug-likeness (QED) is 0.737. The summed E-state index contributed by atoms with van der Waals surface area (Å²) in [5.41, 5.74) is 1.55. The molecule has 3 N–H and O–H groups in total. The molecule has 5 nitrogen and oxygen atoms in total. The van der Waals surface area contributed by atoms with Crippen LogP contribution < -0.4 is 4.90 Å². The monoisotopic (exact) mass is 351 g/mol. The Hall–Kier alpha value is -2.21. The number of phenolic OH excluding ortho intramolecular Hbond substituents is 2. The van der Waals surface area contributed by atoms with Gasteiger partial charge in [-0.2, -0.15) is 0 Å². The summed E-state index contributed by atoms with van der Waals surface area (Å²) in [6.45, 7) is 0.366. The molecule has 0 aliphatic rings. The van der Waals surface area contributed by atoms with Gasteiger partial charge >= 0.3 is 5.97 Å². The number of anilines is 1. The molecule has 0 spiro atoms. The first kappa shape index (κ1) is 15.2. The van der Waals surface area contributed by atoms with Gasteiger partial charge < -0.3 is 20.2 Å². The molecule has 2 aromatic rings. The Balaban J connectivity index is 2.26. The van der Waals surface area contributed by atoms with E-state index in [2.05, 4.69) is 15.9 Å². The van der Waals surface area contributed by atoms with Crippen molar-refractivity contribution >= 4 is 27.6 Å². The number of nitrogens with zero attached hydrogens (tertiary/aromatic N) is 1. The predicted molar refractivity (Wildman–Crippen MR) is 83.0 cm³/mol. The Morgan fingerprint density at radius 3 is 2.52 bits per heavy atom. The van der Waals surface area contributed by atoms with Crippen LogP contribution in [0.4, 0.5) is 5.69 Å².